The lowest BCUT2D eigenvalue weighted by Gasteiger charge is -2.14. The van der Waals surface area contributed by atoms with Crippen LogP contribution >= 0.6 is 0 Å². The Labute approximate surface area is 86.5 Å². The zero-order valence-corrected chi connectivity index (χ0v) is 8.82. The maximum absolute atomic E-state index is 8.95. The van der Waals surface area contributed by atoms with Crippen molar-refractivity contribution < 1.29 is 10.0 Å². The fourth-order valence-corrected chi connectivity index (χ4v) is 1.67. The van der Waals surface area contributed by atoms with Gasteiger partial charge in [-0.05, 0) is 19.3 Å². The van der Waals surface area contributed by atoms with Crippen LogP contribution in [0.15, 0.2) is 23.8 Å². The van der Waals surface area contributed by atoms with E-state index < -0.39 is 7.12 Å². The van der Waals surface area contributed by atoms with Crippen LogP contribution in [0.3, 0.4) is 0 Å². The van der Waals surface area contributed by atoms with Gasteiger partial charge in [0.15, 0.2) is 0 Å². The lowest BCUT2D eigenvalue weighted by molar-refractivity contribution is 0.394. The summed E-state index contributed by atoms with van der Waals surface area (Å²) >= 11 is 0. The molecule has 0 fully saturated rings. The molecular formula is C11H19BO2. The molecule has 0 aromatic heterocycles. The van der Waals surface area contributed by atoms with Gasteiger partial charge in [0.25, 0.3) is 0 Å². The van der Waals surface area contributed by atoms with E-state index in [1.165, 1.54) is 24.8 Å². The van der Waals surface area contributed by atoms with Crippen LogP contribution in [0.1, 0.15) is 39.0 Å². The first-order valence-corrected chi connectivity index (χ1v) is 5.47. The lowest BCUT2D eigenvalue weighted by Crippen LogP contribution is -2.19. The van der Waals surface area contributed by atoms with Gasteiger partial charge in [-0.25, -0.2) is 0 Å². The van der Waals surface area contributed by atoms with Crippen molar-refractivity contribution in [2.45, 2.75) is 44.8 Å². The molecule has 1 unspecified atom stereocenters. The van der Waals surface area contributed by atoms with Gasteiger partial charge in [0, 0.05) is 5.82 Å². The van der Waals surface area contributed by atoms with E-state index in [9.17, 15) is 0 Å². The molecule has 1 rings (SSSR count). The molecular weight excluding hydrogens is 175 g/mol. The summed E-state index contributed by atoms with van der Waals surface area (Å²) in [6.45, 7) is 2.20. The summed E-state index contributed by atoms with van der Waals surface area (Å²) in [5.74, 6) is -0.107. The minimum Gasteiger partial charge on any atom is -0.427 e. The summed E-state index contributed by atoms with van der Waals surface area (Å²) in [4.78, 5) is 0. The van der Waals surface area contributed by atoms with Gasteiger partial charge in [-0.3, -0.25) is 0 Å². The van der Waals surface area contributed by atoms with E-state index in [-0.39, 0.29) is 5.82 Å². The van der Waals surface area contributed by atoms with Gasteiger partial charge in [0.05, 0.1) is 0 Å². The topological polar surface area (TPSA) is 40.5 Å². The van der Waals surface area contributed by atoms with Crippen molar-refractivity contribution in [1.29, 1.82) is 0 Å². The van der Waals surface area contributed by atoms with Crippen molar-refractivity contribution in [3.05, 3.63) is 23.8 Å². The molecule has 0 heterocycles. The molecule has 78 valence electrons. The van der Waals surface area contributed by atoms with Crippen molar-refractivity contribution in [2.75, 3.05) is 0 Å². The Morgan fingerprint density at radius 3 is 2.71 bits per heavy atom. The zero-order valence-electron chi connectivity index (χ0n) is 8.82. The monoisotopic (exact) mass is 194 g/mol. The van der Waals surface area contributed by atoms with E-state index in [1.54, 1.807) is 0 Å². The van der Waals surface area contributed by atoms with Crippen LogP contribution in [-0.4, -0.2) is 17.2 Å². The molecule has 0 aromatic rings. The van der Waals surface area contributed by atoms with Crippen molar-refractivity contribution in [2.24, 2.45) is 0 Å². The highest BCUT2D eigenvalue weighted by Gasteiger charge is 2.21. The molecule has 0 radical (unpaired) electrons. The fraction of sp³-hybridized carbons (Fsp3) is 0.636. The van der Waals surface area contributed by atoms with Crippen molar-refractivity contribution in [1.82, 2.24) is 0 Å². The van der Waals surface area contributed by atoms with Crippen LogP contribution in [0.4, 0.5) is 0 Å². The first-order chi connectivity index (χ1) is 6.74. The van der Waals surface area contributed by atoms with E-state index in [0.717, 1.165) is 12.8 Å². The summed E-state index contributed by atoms with van der Waals surface area (Å²) in [5.41, 5.74) is 1.34. The van der Waals surface area contributed by atoms with Crippen LogP contribution < -0.4 is 0 Å². The molecule has 0 aromatic carbocycles. The summed E-state index contributed by atoms with van der Waals surface area (Å²) in [5, 5.41) is 17.9. The average molecular weight is 194 g/mol. The SMILES string of the molecule is CCCCCC1=CCC(B(O)O)C=C1. The number of unbranched alkanes of at least 4 members (excludes halogenated alkanes) is 2. The Morgan fingerprint density at radius 1 is 1.43 bits per heavy atom. The molecule has 2 nitrogen and oxygen atoms in total. The smallest absolute Gasteiger partial charge is 0.427 e. The average Bonchev–Trinajstić information content (AvgIpc) is 2.19. The highest BCUT2D eigenvalue weighted by atomic mass is 16.4. The summed E-state index contributed by atoms with van der Waals surface area (Å²) < 4.78 is 0. The predicted molar refractivity (Wildman–Crippen MR) is 59.9 cm³/mol. The maximum atomic E-state index is 8.95. The van der Waals surface area contributed by atoms with Gasteiger partial charge < -0.3 is 10.0 Å². The van der Waals surface area contributed by atoms with E-state index in [0.29, 0.717) is 0 Å². The second kappa shape index (κ2) is 6.04. The lowest BCUT2D eigenvalue weighted by atomic mass is 9.69. The third kappa shape index (κ3) is 3.68. The molecule has 1 atom stereocenters. The van der Waals surface area contributed by atoms with Gasteiger partial charge in [-0.15, -0.1) is 0 Å². The second-order valence-electron chi connectivity index (χ2n) is 3.91. The normalized spacial score (nSPS) is 20.8. The third-order valence-corrected chi connectivity index (χ3v) is 2.66. The Balaban J connectivity index is 2.28. The number of allylic oxidation sites excluding steroid dienone is 4. The van der Waals surface area contributed by atoms with Gasteiger partial charge in [-0.2, -0.15) is 0 Å². The Kier molecular flexibility index (Phi) is 4.98. The minimum absolute atomic E-state index is 0.107. The van der Waals surface area contributed by atoms with Crippen molar-refractivity contribution >= 4 is 7.12 Å². The standard InChI is InChI=1S/C11H19BO2/c1-2-3-4-5-10-6-8-11(9-7-10)12(13)14/h6-8,11,13-14H,2-5,9H2,1H3. The van der Waals surface area contributed by atoms with Crippen LogP contribution in [0.2, 0.25) is 5.82 Å². The van der Waals surface area contributed by atoms with Gasteiger partial charge in [0.1, 0.15) is 0 Å². The van der Waals surface area contributed by atoms with E-state index in [4.69, 9.17) is 10.0 Å². The predicted octanol–water partition coefficient (Wildman–Crippen LogP) is 2.30. The first kappa shape index (κ1) is 11.5. The second-order valence-corrected chi connectivity index (χ2v) is 3.91. The molecule has 0 aliphatic heterocycles. The Hall–Kier alpha value is -0.535. The van der Waals surface area contributed by atoms with E-state index in [1.807, 2.05) is 12.2 Å². The molecule has 0 amide bonds. The molecule has 2 N–H and O–H groups in total. The molecule has 1 aliphatic rings. The van der Waals surface area contributed by atoms with Gasteiger partial charge in [0.2, 0.25) is 0 Å². The fourth-order valence-electron chi connectivity index (χ4n) is 1.67. The van der Waals surface area contributed by atoms with Crippen molar-refractivity contribution in [3.8, 4) is 0 Å². The maximum Gasteiger partial charge on any atom is 0.459 e. The molecule has 0 saturated carbocycles. The molecule has 14 heavy (non-hydrogen) atoms. The van der Waals surface area contributed by atoms with E-state index >= 15 is 0 Å². The number of hydrogen-bond donors (Lipinski definition) is 2. The molecule has 3 heteroatoms. The quantitative estimate of drug-likeness (QED) is 0.520. The summed E-state index contributed by atoms with van der Waals surface area (Å²) in [6.07, 6.45) is 11.7. The van der Waals surface area contributed by atoms with Crippen molar-refractivity contribution in [3.63, 3.8) is 0 Å². The van der Waals surface area contributed by atoms with Crippen LogP contribution in [-0.2, 0) is 0 Å². The molecule has 0 saturated heterocycles. The third-order valence-electron chi connectivity index (χ3n) is 2.66. The summed E-state index contributed by atoms with van der Waals surface area (Å²) in [7, 11) is -1.21. The van der Waals surface area contributed by atoms with E-state index in [2.05, 4.69) is 13.0 Å². The Bertz CT molecular complexity index is 221. The Morgan fingerprint density at radius 2 is 2.21 bits per heavy atom. The highest BCUT2D eigenvalue weighted by molar-refractivity contribution is 6.44. The largest absolute Gasteiger partial charge is 0.459 e. The molecule has 0 spiro atoms. The first-order valence-electron chi connectivity index (χ1n) is 5.47. The molecule has 0 bridgehead atoms. The van der Waals surface area contributed by atoms with Crippen LogP contribution in [0.25, 0.3) is 0 Å². The number of rotatable bonds is 5. The summed E-state index contributed by atoms with van der Waals surface area (Å²) in [6, 6.07) is 0. The van der Waals surface area contributed by atoms with Crippen LogP contribution in [0.5, 0.6) is 0 Å². The zero-order chi connectivity index (χ0) is 10.4. The minimum atomic E-state index is -1.21. The number of hydrogen-bond acceptors (Lipinski definition) is 2. The van der Waals surface area contributed by atoms with Gasteiger partial charge in [-0.1, -0.05) is 43.6 Å². The molecule has 1 aliphatic carbocycles. The highest BCUT2D eigenvalue weighted by Crippen LogP contribution is 2.24. The van der Waals surface area contributed by atoms with Gasteiger partial charge >= 0.3 is 7.12 Å². The van der Waals surface area contributed by atoms with Crippen LogP contribution in [0, 0.1) is 0 Å².